The number of hydrogen-bond donors (Lipinski definition) is 2. The minimum absolute atomic E-state index is 0.0881. The van der Waals surface area contributed by atoms with Crippen LogP contribution in [-0.2, 0) is 16.6 Å². The molecule has 0 aliphatic carbocycles. The number of benzene rings is 1. The van der Waals surface area contributed by atoms with Crippen LogP contribution in [0.2, 0.25) is 5.02 Å². The molecule has 0 bridgehead atoms. The zero-order valence-corrected chi connectivity index (χ0v) is 21.0. The normalized spacial score (nSPS) is 21.3. The third-order valence-electron chi connectivity index (χ3n) is 6.83. The van der Waals surface area contributed by atoms with Crippen LogP contribution in [0.3, 0.4) is 0 Å². The van der Waals surface area contributed by atoms with E-state index in [9.17, 15) is 14.3 Å². The van der Waals surface area contributed by atoms with Crippen molar-refractivity contribution in [3.63, 3.8) is 0 Å². The number of piperidine rings is 1. The van der Waals surface area contributed by atoms with Crippen LogP contribution in [0, 0.1) is 11.2 Å². The highest BCUT2D eigenvalue weighted by Crippen LogP contribution is 2.42. The van der Waals surface area contributed by atoms with Gasteiger partial charge in [-0.2, -0.15) is 0 Å². The molecular formula is C23H26B2ClFN4O2S. The SMILES string of the molecule is BC(B)(c1cccc(Cl)c1F)N1CCC(Cc2cccc(Nc3nccs3)n2)(C(=O)O)CC1C. The third-order valence-corrected chi connectivity index (χ3v) is 7.81. The Morgan fingerprint density at radius 1 is 1.38 bits per heavy atom. The summed E-state index contributed by atoms with van der Waals surface area (Å²) in [6, 6.07) is 10.5. The highest BCUT2D eigenvalue weighted by atomic mass is 35.5. The zero-order chi connectivity index (χ0) is 24.5. The topological polar surface area (TPSA) is 78.3 Å². The molecule has 4 rings (SSSR count). The number of carboxylic acid groups (broad SMARTS) is 1. The molecule has 2 aromatic heterocycles. The standard InChI is InChI=1S/C23H26B2ClFN4O2S/c1-14-12-22(20(32)33,13-15-4-2-7-18(29-15)30-21-28-9-11-34-21)8-10-31(14)23(24,25)16-5-3-6-17(26)19(16)27/h2-7,9,11,14H,8,10,12-13,24-25H2,1H3,(H,32,33)(H,28,29,30). The molecule has 0 spiro atoms. The van der Waals surface area contributed by atoms with E-state index in [2.05, 4.69) is 20.2 Å². The minimum Gasteiger partial charge on any atom is -0.481 e. The fraction of sp³-hybridized carbons (Fsp3) is 0.348. The lowest BCUT2D eigenvalue weighted by Crippen LogP contribution is -2.58. The number of aliphatic carboxylic acids is 1. The lowest BCUT2D eigenvalue weighted by molar-refractivity contribution is -0.154. The molecular weight excluding hydrogens is 472 g/mol. The molecule has 176 valence electrons. The Morgan fingerprint density at radius 2 is 2.15 bits per heavy atom. The smallest absolute Gasteiger partial charge is 0.310 e. The Balaban J connectivity index is 1.55. The van der Waals surface area contributed by atoms with Crippen LogP contribution in [0.4, 0.5) is 15.3 Å². The minimum atomic E-state index is -0.953. The van der Waals surface area contributed by atoms with Gasteiger partial charge in [0.05, 0.1) is 10.4 Å². The molecule has 0 radical (unpaired) electrons. The molecule has 1 aromatic carbocycles. The molecule has 0 amide bonds. The van der Waals surface area contributed by atoms with E-state index in [1.165, 1.54) is 17.4 Å². The van der Waals surface area contributed by atoms with Crippen molar-refractivity contribution in [2.45, 2.75) is 37.6 Å². The average molecular weight is 499 g/mol. The van der Waals surface area contributed by atoms with E-state index in [-0.39, 0.29) is 11.1 Å². The molecule has 2 atom stereocenters. The predicted molar refractivity (Wildman–Crippen MR) is 139 cm³/mol. The number of carbonyl (C=O) groups is 1. The second kappa shape index (κ2) is 9.68. The van der Waals surface area contributed by atoms with Gasteiger partial charge in [-0.25, -0.2) is 14.4 Å². The number of nitrogens with one attached hydrogen (secondary N) is 1. The molecule has 1 aliphatic heterocycles. The van der Waals surface area contributed by atoms with Gasteiger partial charge in [0.15, 0.2) is 5.13 Å². The Bertz CT molecular complexity index is 1180. The quantitative estimate of drug-likeness (QED) is 0.487. The van der Waals surface area contributed by atoms with E-state index in [1.54, 1.807) is 18.3 Å². The highest BCUT2D eigenvalue weighted by molar-refractivity contribution is 7.13. The lowest BCUT2D eigenvalue weighted by atomic mass is 9.55. The number of rotatable bonds is 7. The van der Waals surface area contributed by atoms with Crippen molar-refractivity contribution in [3.05, 3.63) is 70.1 Å². The zero-order valence-electron chi connectivity index (χ0n) is 19.4. The van der Waals surface area contributed by atoms with Crippen molar-refractivity contribution in [2.75, 3.05) is 11.9 Å². The first-order chi connectivity index (χ1) is 16.1. The fourth-order valence-electron chi connectivity index (χ4n) is 5.11. The molecule has 34 heavy (non-hydrogen) atoms. The molecule has 0 saturated carbocycles. The summed E-state index contributed by atoms with van der Waals surface area (Å²) in [7, 11) is 3.92. The number of anilines is 2. The molecule has 11 heteroatoms. The van der Waals surface area contributed by atoms with E-state index >= 15 is 0 Å². The van der Waals surface area contributed by atoms with Gasteiger partial charge in [0, 0.05) is 29.7 Å². The van der Waals surface area contributed by atoms with Gasteiger partial charge in [-0.1, -0.05) is 29.8 Å². The number of hydrogen-bond acceptors (Lipinski definition) is 6. The van der Waals surface area contributed by atoms with Gasteiger partial charge in [-0.15, -0.1) is 11.3 Å². The number of nitrogens with zero attached hydrogens (tertiary/aromatic N) is 3. The van der Waals surface area contributed by atoms with E-state index in [0.29, 0.717) is 42.9 Å². The van der Waals surface area contributed by atoms with Crippen molar-refractivity contribution < 1.29 is 14.3 Å². The van der Waals surface area contributed by atoms with Gasteiger partial charge in [-0.05, 0) is 55.4 Å². The summed E-state index contributed by atoms with van der Waals surface area (Å²) < 4.78 is 14.8. The van der Waals surface area contributed by atoms with Crippen LogP contribution < -0.4 is 5.32 Å². The number of halogens is 2. The van der Waals surface area contributed by atoms with Gasteiger partial charge in [0.1, 0.15) is 27.3 Å². The van der Waals surface area contributed by atoms with Crippen molar-refractivity contribution in [2.24, 2.45) is 5.41 Å². The predicted octanol–water partition coefficient (Wildman–Crippen LogP) is 3.25. The van der Waals surface area contributed by atoms with Crippen molar-refractivity contribution in [1.82, 2.24) is 14.9 Å². The first-order valence-electron chi connectivity index (χ1n) is 11.2. The largest absolute Gasteiger partial charge is 0.481 e. The summed E-state index contributed by atoms with van der Waals surface area (Å²) in [6.07, 6.45) is 2.89. The Morgan fingerprint density at radius 3 is 2.82 bits per heavy atom. The lowest BCUT2D eigenvalue weighted by Gasteiger charge is -2.51. The molecule has 1 fully saturated rings. The molecule has 2 N–H and O–H groups in total. The maximum Gasteiger partial charge on any atom is 0.310 e. The first-order valence-corrected chi connectivity index (χ1v) is 12.5. The summed E-state index contributed by atoms with van der Waals surface area (Å²) >= 11 is 7.51. The molecule has 6 nitrogen and oxygen atoms in total. The van der Waals surface area contributed by atoms with Crippen LogP contribution in [0.1, 0.15) is 31.0 Å². The summed E-state index contributed by atoms with van der Waals surface area (Å²) in [6.45, 7) is 2.53. The third kappa shape index (κ3) is 4.85. The van der Waals surface area contributed by atoms with E-state index in [0.717, 1.165) is 5.13 Å². The van der Waals surface area contributed by atoms with Crippen molar-refractivity contribution in [1.29, 1.82) is 0 Å². The molecule has 3 heterocycles. The van der Waals surface area contributed by atoms with Crippen LogP contribution in [0.25, 0.3) is 0 Å². The average Bonchev–Trinajstić information content (AvgIpc) is 3.28. The summed E-state index contributed by atoms with van der Waals surface area (Å²) in [5.41, 5.74) is 0.271. The first kappa shape index (κ1) is 24.7. The van der Waals surface area contributed by atoms with E-state index in [4.69, 9.17) is 11.6 Å². The summed E-state index contributed by atoms with van der Waals surface area (Å²) in [4.78, 5) is 23.6. The molecule has 1 saturated heterocycles. The van der Waals surface area contributed by atoms with Gasteiger partial charge in [0.2, 0.25) is 0 Å². The second-order valence-corrected chi connectivity index (χ2v) is 10.7. The van der Waals surface area contributed by atoms with Crippen molar-refractivity contribution >= 4 is 55.5 Å². The Kier molecular flexibility index (Phi) is 7.03. The van der Waals surface area contributed by atoms with Crippen LogP contribution >= 0.6 is 22.9 Å². The van der Waals surface area contributed by atoms with Gasteiger partial charge < -0.3 is 15.3 Å². The summed E-state index contributed by atoms with van der Waals surface area (Å²) in [5, 5.41) is 15.5. The van der Waals surface area contributed by atoms with Crippen LogP contribution in [0.15, 0.2) is 48.0 Å². The van der Waals surface area contributed by atoms with Crippen LogP contribution in [-0.4, -0.2) is 54.2 Å². The monoisotopic (exact) mass is 498 g/mol. The Labute approximate surface area is 209 Å². The van der Waals surface area contributed by atoms with Gasteiger partial charge in [-0.3, -0.25) is 4.79 Å². The van der Waals surface area contributed by atoms with E-state index in [1.807, 2.05) is 46.2 Å². The number of aromatic nitrogens is 2. The summed E-state index contributed by atoms with van der Waals surface area (Å²) in [5.74, 6) is -0.618. The van der Waals surface area contributed by atoms with Gasteiger partial charge in [0.25, 0.3) is 0 Å². The van der Waals surface area contributed by atoms with E-state index < -0.39 is 22.5 Å². The Hall–Kier alpha value is -2.42. The molecule has 3 aromatic rings. The second-order valence-electron chi connectivity index (χ2n) is 9.40. The fourth-order valence-corrected chi connectivity index (χ4v) is 5.82. The van der Waals surface area contributed by atoms with Gasteiger partial charge >= 0.3 is 5.97 Å². The number of carboxylic acids is 1. The number of pyridine rings is 1. The number of likely N-dealkylation sites (tertiary alicyclic amines) is 1. The molecule has 1 aliphatic rings. The number of thiazole rings is 1. The van der Waals surface area contributed by atoms with Crippen LogP contribution in [0.5, 0.6) is 0 Å². The highest BCUT2D eigenvalue weighted by Gasteiger charge is 2.48. The van der Waals surface area contributed by atoms with Crippen molar-refractivity contribution in [3.8, 4) is 0 Å². The maximum absolute atomic E-state index is 14.8. The molecule has 2 unspecified atom stereocenters. The maximum atomic E-state index is 14.8.